The third-order valence-electron chi connectivity index (χ3n) is 3.13. The Kier molecular flexibility index (Phi) is 3.39. The van der Waals surface area contributed by atoms with Crippen LogP contribution in [0.15, 0.2) is 30.3 Å². The van der Waals surface area contributed by atoms with E-state index in [1.54, 1.807) is 0 Å². The second-order valence-electron chi connectivity index (χ2n) is 4.60. The van der Waals surface area contributed by atoms with Gasteiger partial charge in [-0.2, -0.15) is 5.10 Å². The number of aromatic carboxylic acids is 1. The van der Waals surface area contributed by atoms with Gasteiger partial charge in [0.05, 0.1) is 18.9 Å². The van der Waals surface area contributed by atoms with E-state index in [1.165, 1.54) is 6.07 Å². The summed E-state index contributed by atoms with van der Waals surface area (Å²) in [6, 6.07) is 8.93. The summed E-state index contributed by atoms with van der Waals surface area (Å²) in [5.74, 6) is -0.294. The molecule has 1 aliphatic heterocycles. The van der Waals surface area contributed by atoms with Crippen molar-refractivity contribution in [2.75, 3.05) is 13.2 Å². The maximum absolute atomic E-state index is 10.8. The van der Waals surface area contributed by atoms with E-state index < -0.39 is 5.97 Å². The average Bonchev–Trinajstić information content (AvgIpc) is 3.09. The second kappa shape index (κ2) is 5.34. The van der Waals surface area contributed by atoms with Gasteiger partial charge < -0.3 is 14.6 Å². The zero-order valence-corrected chi connectivity index (χ0v) is 10.7. The normalized spacial score (nSPS) is 18.1. The quantitative estimate of drug-likeness (QED) is 0.890. The number of aromatic nitrogens is 2. The molecule has 2 aromatic rings. The number of H-pyrrole nitrogens is 1. The highest BCUT2D eigenvalue weighted by Crippen LogP contribution is 2.24. The van der Waals surface area contributed by atoms with Gasteiger partial charge in [0.15, 0.2) is 0 Å². The first-order valence-electron chi connectivity index (χ1n) is 6.36. The van der Waals surface area contributed by atoms with Gasteiger partial charge in [-0.1, -0.05) is 12.1 Å². The molecule has 0 spiro atoms. The smallest absolute Gasteiger partial charge is 0.353 e. The summed E-state index contributed by atoms with van der Waals surface area (Å²) >= 11 is 0. The number of hydrogen-bond acceptors (Lipinski definition) is 4. The van der Waals surface area contributed by atoms with Crippen LogP contribution in [0.2, 0.25) is 0 Å². The van der Waals surface area contributed by atoms with Crippen molar-refractivity contribution in [3.8, 4) is 17.0 Å². The van der Waals surface area contributed by atoms with E-state index in [-0.39, 0.29) is 11.8 Å². The molecule has 6 heteroatoms. The van der Waals surface area contributed by atoms with Crippen LogP contribution in [0.5, 0.6) is 5.75 Å². The molecular formula is C14H14N2O4. The fourth-order valence-electron chi connectivity index (χ4n) is 2.11. The standard InChI is InChI=1S/C14H14N2O4/c17-14(18)13-7-12(15-16-13)9-2-1-3-10(6-9)20-11-4-5-19-8-11/h1-3,6-7,11H,4-5,8H2,(H,15,16)(H,17,18). The summed E-state index contributed by atoms with van der Waals surface area (Å²) in [4.78, 5) is 10.8. The van der Waals surface area contributed by atoms with Crippen molar-refractivity contribution in [2.24, 2.45) is 0 Å². The van der Waals surface area contributed by atoms with Gasteiger partial charge in [0.25, 0.3) is 0 Å². The zero-order chi connectivity index (χ0) is 13.9. The zero-order valence-electron chi connectivity index (χ0n) is 10.7. The van der Waals surface area contributed by atoms with E-state index in [0.29, 0.717) is 12.3 Å². The molecule has 1 unspecified atom stereocenters. The molecule has 3 rings (SSSR count). The lowest BCUT2D eigenvalue weighted by Crippen LogP contribution is -2.15. The Labute approximate surface area is 115 Å². The molecule has 0 aliphatic carbocycles. The summed E-state index contributed by atoms with van der Waals surface area (Å²) < 4.78 is 11.1. The number of nitrogens with one attached hydrogen (secondary N) is 1. The number of aromatic amines is 1. The summed E-state index contributed by atoms with van der Waals surface area (Å²) in [6.07, 6.45) is 0.967. The molecule has 0 radical (unpaired) electrons. The summed E-state index contributed by atoms with van der Waals surface area (Å²) in [7, 11) is 0. The van der Waals surface area contributed by atoms with E-state index in [2.05, 4.69) is 10.2 Å². The van der Waals surface area contributed by atoms with Crippen LogP contribution in [-0.2, 0) is 4.74 Å². The van der Waals surface area contributed by atoms with Gasteiger partial charge in [-0.15, -0.1) is 0 Å². The van der Waals surface area contributed by atoms with Crippen LogP contribution < -0.4 is 4.74 Å². The molecule has 0 amide bonds. The van der Waals surface area contributed by atoms with Gasteiger partial charge in [0, 0.05) is 12.0 Å². The van der Waals surface area contributed by atoms with Crippen molar-refractivity contribution in [3.05, 3.63) is 36.0 Å². The van der Waals surface area contributed by atoms with E-state index in [0.717, 1.165) is 24.3 Å². The Morgan fingerprint density at radius 3 is 3.05 bits per heavy atom. The minimum atomic E-state index is -1.03. The summed E-state index contributed by atoms with van der Waals surface area (Å²) in [6.45, 7) is 1.33. The average molecular weight is 274 g/mol. The van der Waals surface area contributed by atoms with Gasteiger partial charge in [-0.05, 0) is 18.2 Å². The predicted molar refractivity (Wildman–Crippen MR) is 70.8 cm³/mol. The topological polar surface area (TPSA) is 84.4 Å². The van der Waals surface area contributed by atoms with Gasteiger partial charge in [0.2, 0.25) is 0 Å². The Bertz CT molecular complexity index is 617. The first-order chi connectivity index (χ1) is 9.72. The molecule has 1 saturated heterocycles. The highest BCUT2D eigenvalue weighted by Gasteiger charge is 2.17. The van der Waals surface area contributed by atoms with Crippen molar-refractivity contribution in [1.29, 1.82) is 0 Å². The molecule has 20 heavy (non-hydrogen) atoms. The molecule has 1 aliphatic rings. The third kappa shape index (κ3) is 2.65. The van der Waals surface area contributed by atoms with Crippen molar-refractivity contribution in [1.82, 2.24) is 10.2 Å². The summed E-state index contributed by atoms with van der Waals surface area (Å²) in [5.41, 5.74) is 1.45. The van der Waals surface area contributed by atoms with Crippen LogP contribution >= 0.6 is 0 Å². The lowest BCUT2D eigenvalue weighted by molar-refractivity contribution is 0.0690. The Balaban J connectivity index is 1.80. The lowest BCUT2D eigenvalue weighted by atomic mass is 10.1. The highest BCUT2D eigenvalue weighted by molar-refractivity contribution is 5.86. The van der Waals surface area contributed by atoms with E-state index in [9.17, 15) is 4.79 Å². The van der Waals surface area contributed by atoms with E-state index in [4.69, 9.17) is 14.6 Å². The number of nitrogens with zero attached hydrogens (tertiary/aromatic N) is 1. The first-order valence-corrected chi connectivity index (χ1v) is 6.36. The second-order valence-corrected chi connectivity index (χ2v) is 4.60. The van der Waals surface area contributed by atoms with Crippen molar-refractivity contribution in [2.45, 2.75) is 12.5 Å². The van der Waals surface area contributed by atoms with Crippen molar-refractivity contribution in [3.63, 3.8) is 0 Å². The van der Waals surface area contributed by atoms with E-state index in [1.807, 2.05) is 24.3 Å². The van der Waals surface area contributed by atoms with Crippen molar-refractivity contribution >= 4 is 5.97 Å². The number of carbonyl (C=O) groups is 1. The number of ether oxygens (including phenoxy) is 2. The molecular weight excluding hydrogens is 260 g/mol. The SMILES string of the molecule is O=C(O)c1cc(-c2cccc(OC3CCOC3)c2)n[nH]1. The maximum Gasteiger partial charge on any atom is 0.353 e. The molecule has 0 bridgehead atoms. The lowest BCUT2D eigenvalue weighted by Gasteiger charge is -2.12. The molecule has 1 aromatic carbocycles. The monoisotopic (exact) mass is 274 g/mol. The van der Waals surface area contributed by atoms with Crippen LogP contribution in [0.1, 0.15) is 16.9 Å². The van der Waals surface area contributed by atoms with Crippen LogP contribution in [0.3, 0.4) is 0 Å². The van der Waals surface area contributed by atoms with Gasteiger partial charge in [-0.25, -0.2) is 4.79 Å². The van der Waals surface area contributed by atoms with Crippen LogP contribution in [0, 0.1) is 0 Å². The third-order valence-corrected chi connectivity index (χ3v) is 3.13. The maximum atomic E-state index is 10.8. The number of carboxylic acid groups (broad SMARTS) is 1. The highest BCUT2D eigenvalue weighted by atomic mass is 16.5. The fourth-order valence-corrected chi connectivity index (χ4v) is 2.11. The minimum Gasteiger partial charge on any atom is -0.488 e. The first kappa shape index (κ1) is 12.7. The number of hydrogen-bond donors (Lipinski definition) is 2. The molecule has 0 saturated carbocycles. The Morgan fingerprint density at radius 2 is 2.35 bits per heavy atom. The predicted octanol–water partition coefficient (Wildman–Crippen LogP) is 1.94. The van der Waals surface area contributed by atoms with Gasteiger partial charge in [-0.3, -0.25) is 5.10 Å². The van der Waals surface area contributed by atoms with Gasteiger partial charge in [0.1, 0.15) is 17.5 Å². The largest absolute Gasteiger partial charge is 0.488 e. The Hall–Kier alpha value is -2.34. The number of carboxylic acids is 1. The van der Waals surface area contributed by atoms with E-state index >= 15 is 0 Å². The molecule has 2 heterocycles. The van der Waals surface area contributed by atoms with Crippen molar-refractivity contribution < 1.29 is 19.4 Å². The molecule has 104 valence electrons. The van der Waals surface area contributed by atoms with Crippen LogP contribution in [0.4, 0.5) is 0 Å². The van der Waals surface area contributed by atoms with Crippen LogP contribution in [-0.4, -0.2) is 40.6 Å². The summed E-state index contributed by atoms with van der Waals surface area (Å²) in [5, 5.41) is 15.4. The fraction of sp³-hybridized carbons (Fsp3) is 0.286. The molecule has 2 N–H and O–H groups in total. The number of rotatable bonds is 4. The molecule has 1 atom stereocenters. The van der Waals surface area contributed by atoms with Crippen LogP contribution in [0.25, 0.3) is 11.3 Å². The molecule has 1 fully saturated rings. The molecule has 6 nitrogen and oxygen atoms in total. The number of benzene rings is 1. The minimum absolute atomic E-state index is 0.0653. The van der Waals surface area contributed by atoms with Gasteiger partial charge >= 0.3 is 5.97 Å². The molecule has 1 aromatic heterocycles. The Morgan fingerprint density at radius 1 is 1.45 bits per heavy atom.